The number of rotatable bonds is 4. The summed E-state index contributed by atoms with van der Waals surface area (Å²) in [7, 11) is 0. The normalized spacial score (nSPS) is 15.8. The maximum absolute atomic E-state index is 12.1. The molecule has 0 aliphatic carbocycles. The molecular formula is C20H24N4O4S. The Balaban J connectivity index is 1.28. The second kappa shape index (κ2) is 8.08. The third-order valence-electron chi connectivity index (χ3n) is 4.54. The fraction of sp³-hybridized carbons (Fsp3) is 0.500. The summed E-state index contributed by atoms with van der Waals surface area (Å²) in [5, 5.41) is 5.13. The van der Waals surface area contributed by atoms with Gasteiger partial charge in [-0.15, -0.1) is 11.3 Å². The first-order chi connectivity index (χ1) is 13.9. The van der Waals surface area contributed by atoms with Crippen LogP contribution in [-0.2, 0) is 16.1 Å². The van der Waals surface area contributed by atoms with Crippen LogP contribution in [0, 0.1) is 0 Å². The van der Waals surface area contributed by atoms with E-state index < -0.39 is 5.60 Å². The Labute approximate surface area is 172 Å². The van der Waals surface area contributed by atoms with Crippen LogP contribution in [0.4, 0.5) is 4.79 Å². The lowest BCUT2D eigenvalue weighted by molar-refractivity contribution is -0.0190. The van der Waals surface area contributed by atoms with E-state index in [0.29, 0.717) is 24.8 Å². The van der Waals surface area contributed by atoms with Gasteiger partial charge in [0.1, 0.15) is 12.2 Å². The van der Waals surface area contributed by atoms with Crippen LogP contribution in [0.15, 0.2) is 29.0 Å². The van der Waals surface area contributed by atoms with Gasteiger partial charge in [0.25, 0.3) is 5.89 Å². The summed E-state index contributed by atoms with van der Waals surface area (Å²) < 4.78 is 17.8. The monoisotopic (exact) mass is 416 g/mol. The lowest BCUT2D eigenvalue weighted by Gasteiger charge is -2.33. The number of piperidine rings is 1. The second-order valence-corrected chi connectivity index (χ2v) is 9.10. The largest absolute Gasteiger partial charge is 0.444 e. The van der Waals surface area contributed by atoms with Gasteiger partial charge >= 0.3 is 6.09 Å². The minimum absolute atomic E-state index is 0.0611. The fourth-order valence-corrected chi connectivity index (χ4v) is 4.08. The molecule has 0 spiro atoms. The molecule has 0 unspecified atom stereocenters. The molecule has 0 aromatic carbocycles. The number of pyridine rings is 1. The topological polar surface area (TPSA) is 90.6 Å². The van der Waals surface area contributed by atoms with Gasteiger partial charge < -0.3 is 18.9 Å². The lowest BCUT2D eigenvalue weighted by atomic mass is 10.1. The van der Waals surface area contributed by atoms with Gasteiger partial charge in [0.15, 0.2) is 5.82 Å². The molecule has 3 aromatic heterocycles. The number of aromatic nitrogens is 3. The highest BCUT2D eigenvalue weighted by Crippen LogP contribution is 2.32. The van der Waals surface area contributed by atoms with Crippen LogP contribution in [0.5, 0.6) is 0 Å². The molecule has 1 amide bonds. The molecule has 4 rings (SSSR count). The molecule has 1 saturated heterocycles. The summed E-state index contributed by atoms with van der Waals surface area (Å²) in [6, 6.07) is 3.98. The number of hydrogen-bond donors (Lipinski definition) is 0. The maximum Gasteiger partial charge on any atom is 0.410 e. The van der Waals surface area contributed by atoms with Crippen molar-refractivity contribution in [3.05, 3.63) is 30.4 Å². The van der Waals surface area contributed by atoms with Crippen LogP contribution in [0.3, 0.4) is 0 Å². The molecule has 0 bridgehead atoms. The van der Waals surface area contributed by atoms with E-state index >= 15 is 0 Å². The van der Waals surface area contributed by atoms with Gasteiger partial charge in [-0.05, 0) is 51.1 Å². The van der Waals surface area contributed by atoms with Crippen molar-refractivity contribution in [2.24, 2.45) is 0 Å². The summed E-state index contributed by atoms with van der Waals surface area (Å²) >= 11 is 1.57. The van der Waals surface area contributed by atoms with Crippen LogP contribution in [0.2, 0.25) is 0 Å². The molecule has 8 nitrogen and oxygen atoms in total. The highest BCUT2D eigenvalue weighted by atomic mass is 32.1. The van der Waals surface area contributed by atoms with Crippen molar-refractivity contribution in [2.45, 2.75) is 51.9 Å². The number of nitrogens with zero attached hydrogens (tertiary/aromatic N) is 4. The third kappa shape index (κ3) is 4.91. The molecule has 0 N–H and O–H groups in total. The summed E-state index contributed by atoms with van der Waals surface area (Å²) in [5.74, 6) is 1.01. The minimum Gasteiger partial charge on any atom is -0.444 e. The van der Waals surface area contributed by atoms with Crippen molar-refractivity contribution in [1.29, 1.82) is 0 Å². The van der Waals surface area contributed by atoms with Crippen molar-refractivity contribution in [1.82, 2.24) is 20.0 Å². The van der Waals surface area contributed by atoms with E-state index in [9.17, 15) is 4.79 Å². The van der Waals surface area contributed by atoms with Gasteiger partial charge in [-0.2, -0.15) is 4.98 Å². The first-order valence-corrected chi connectivity index (χ1v) is 10.4. The first kappa shape index (κ1) is 19.8. The number of fused-ring (bicyclic) bond motifs is 1. The van der Waals surface area contributed by atoms with Crippen molar-refractivity contribution >= 4 is 27.5 Å². The Bertz CT molecular complexity index is 953. The van der Waals surface area contributed by atoms with E-state index in [1.165, 1.54) is 0 Å². The Kier molecular flexibility index (Phi) is 5.51. The predicted octanol–water partition coefficient (Wildman–Crippen LogP) is 4.26. The van der Waals surface area contributed by atoms with Gasteiger partial charge in [-0.3, -0.25) is 4.98 Å². The molecule has 0 atom stereocenters. The van der Waals surface area contributed by atoms with Crippen LogP contribution in [-0.4, -0.2) is 50.9 Å². The number of thiophene rings is 1. The molecule has 1 aliphatic heterocycles. The van der Waals surface area contributed by atoms with Gasteiger partial charge in [0, 0.05) is 25.5 Å². The summed E-state index contributed by atoms with van der Waals surface area (Å²) in [5.41, 5.74) is -0.480. The zero-order valence-corrected chi connectivity index (χ0v) is 17.6. The number of carbonyl (C=O) groups is 1. The van der Waals surface area contributed by atoms with Crippen LogP contribution >= 0.6 is 11.3 Å². The summed E-state index contributed by atoms with van der Waals surface area (Å²) in [6.07, 6.45) is 4.90. The first-order valence-electron chi connectivity index (χ1n) is 9.63. The summed E-state index contributed by atoms with van der Waals surface area (Å²) in [4.78, 5) is 23.4. The smallest absolute Gasteiger partial charge is 0.410 e. The highest BCUT2D eigenvalue weighted by Gasteiger charge is 2.27. The third-order valence-corrected chi connectivity index (χ3v) is 5.62. The average Bonchev–Trinajstić information content (AvgIpc) is 3.32. The molecule has 154 valence electrons. The van der Waals surface area contributed by atoms with Gasteiger partial charge in [0.05, 0.1) is 15.7 Å². The standard InChI is InChI=1S/C20H24N4O4S/c1-20(2,3)27-19(25)24-8-5-14(6-9-24)26-12-17-22-18(28-23-17)15-10-13-4-7-21-11-16(13)29-15/h4,7,10-11,14H,5-6,8-9,12H2,1-3H3. The van der Waals surface area contributed by atoms with Crippen molar-refractivity contribution in [3.8, 4) is 10.8 Å². The summed E-state index contributed by atoms with van der Waals surface area (Å²) in [6.45, 7) is 7.13. The number of likely N-dealkylation sites (tertiary alicyclic amines) is 1. The molecule has 29 heavy (non-hydrogen) atoms. The van der Waals surface area contributed by atoms with Crippen LogP contribution in [0.25, 0.3) is 20.9 Å². The molecule has 1 fully saturated rings. The van der Waals surface area contributed by atoms with Crippen LogP contribution < -0.4 is 0 Å². The lowest BCUT2D eigenvalue weighted by Crippen LogP contribution is -2.43. The van der Waals surface area contributed by atoms with E-state index in [-0.39, 0.29) is 18.8 Å². The van der Waals surface area contributed by atoms with Gasteiger partial charge in [0.2, 0.25) is 0 Å². The number of amides is 1. The quantitative estimate of drug-likeness (QED) is 0.627. The molecular weight excluding hydrogens is 392 g/mol. The zero-order chi connectivity index (χ0) is 20.4. The molecule has 4 heterocycles. The maximum atomic E-state index is 12.1. The Morgan fingerprint density at radius 3 is 2.86 bits per heavy atom. The Morgan fingerprint density at radius 2 is 2.14 bits per heavy atom. The Morgan fingerprint density at radius 1 is 1.34 bits per heavy atom. The number of carbonyl (C=O) groups excluding carboxylic acids is 1. The SMILES string of the molecule is CC(C)(C)OC(=O)N1CCC(OCc2noc(-c3cc4ccncc4s3)n2)CC1. The molecule has 1 aliphatic rings. The second-order valence-electron chi connectivity index (χ2n) is 8.02. The fourth-order valence-electron chi connectivity index (χ4n) is 3.13. The Hall–Kier alpha value is -2.52. The minimum atomic E-state index is -0.480. The number of ether oxygens (including phenoxy) is 2. The number of hydrogen-bond acceptors (Lipinski definition) is 8. The van der Waals surface area contributed by atoms with E-state index in [1.54, 1.807) is 22.4 Å². The molecule has 3 aromatic rings. The highest BCUT2D eigenvalue weighted by molar-refractivity contribution is 7.22. The van der Waals surface area contributed by atoms with Crippen molar-refractivity contribution in [2.75, 3.05) is 13.1 Å². The van der Waals surface area contributed by atoms with Crippen LogP contribution in [0.1, 0.15) is 39.4 Å². The molecule has 0 saturated carbocycles. The average molecular weight is 417 g/mol. The van der Waals surface area contributed by atoms with Gasteiger partial charge in [-0.25, -0.2) is 4.79 Å². The van der Waals surface area contributed by atoms with E-state index in [2.05, 4.69) is 15.1 Å². The van der Waals surface area contributed by atoms with Crippen molar-refractivity contribution < 1.29 is 18.8 Å². The zero-order valence-electron chi connectivity index (χ0n) is 16.8. The van der Waals surface area contributed by atoms with Gasteiger partial charge in [-0.1, -0.05) is 5.16 Å². The predicted molar refractivity (Wildman–Crippen MR) is 109 cm³/mol. The van der Waals surface area contributed by atoms with E-state index in [0.717, 1.165) is 27.8 Å². The van der Waals surface area contributed by atoms with Crippen molar-refractivity contribution in [3.63, 3.8) is 0 Å². The molecule has 0 radical (unpaired) electrons. The molecule has 9 heteroatoms. The van der Waals surface area contributed by atoms with E-state index in [4.69, 9.17) is 14.0 Å². The van der Waals surface area contributed by atoms with E-state index in [1.807, 2.05) is 39.1 Å².